The zero-order valence-corrected chi connectivity index (χ0v) is 16.3. The largest absolute Gasteiger partial charge is 0.423 e. The van der Waals surface area contributed by atoms with Gasteiger partial charge in [0.15, 0.2) is 0 Å². The van der Waals surface area contributed by atoms with Crippen LogP contribution in [-0.4, -0.2) is 5.97 Å². The minimum Gasteiger partial charge on any atom is -0.423 e. The van der Waals surface area contributed by atoms with Gasteiger partial charge in [0.25, 0.3) is 0 Å². The van der Waals surface area contributed by atoms with E-state index >= 15 is 0 Å². The molecule has 3 heteroatoms. The van der Waals surface area contributed by atoms with E-state index in [9.17, 15) is 4.79 Å². The van der Waals surface area contributed by atoms with Gasteiger partial charge in [-0.15, -0.1) is 0 Å². The molecule has 0 amide bonds. The molecule has 0 radical (unpaired) electrons. The maximum absolute atomic E-state index is 12.2. The highest BCUT2D eigenvalue weighted by atomic mass is 79.9. The number of rotatable bonds is 5. The molecule has 0 bridgehead atoms. The highest BCUT2D eigenvalue weighted by molar-refractivity contribution is 9.10. The van der Waals surface area contributed by atoms with Crippen LogP contribution in [0.3, 0.4) is 0 Å². The summed E-state index contributed by atoms with van der Waals surface area (Å²) in [6, 6.07) is 28.3. The molecule has 0 heterocycles. The van der Waals surface area contributed by atoms with Gasteiger partial charge in [0, 0.05) is 16.0 Å². The molecule has 1 aliphatic carbocycles. The Balaban J connectivity index is 1.53. The number of halogens is 1. The number of carbonyl (C=O) groups excluding carboxylic acids is 1. The van der Waals surface area contributed by atoms with Crippen LogP contribution < -0.4 is 4.74 Å². The average Bonchev–Trinajstić information content (AvgIpc) is 3.45. The van der Waals surface area contributed by atoms with Crippen LogP contribution in [0.25, 0.3) is 0 Å². The molecule has 134 valence electrons. The van der Waals surface area contributed by atoms with E-state index in [1.165, 1.54) is 11.1 Å². The Morgan fingerprint density at radius 1 is 0.889 bits per heavy atom. The van der Waals surface area contributed by atoms with Crippen molar-refractivity contribution in [2.24, 2.45) is 5.92 Å². The third-order valence-electron chi connectivity index (χ3n) is 5.09. The molecule has 0 aromatic heterocycles. The second-order valence-electron chi connectivity index (χ2n) is 6.75. The molecule has 1 unspecified atom stereocenters. The van der Waals surface area contributed by atoms with Gasteiger partial charge in [-0.1, -0.05) is 82.7 Å². The Morgan fingerprint density at radius 2 is 1.44 bits per heavy atom. The lowest BCUT2D eigenvalue weighted by molar-refractivity contribution is -0.129. The Kier molecular flexibility index (Phi) is 4.95. The molecule has 27 heavy (non-hydrogen) atoms. The van der Waals surface area contributed by atoms with Gasteiger partial charge in [0.1, 0.15) is 5.75 Å². The van der Waals surface area contributed by atoms with Crippen LogP contribution in [0.5, 0.6) is 5.75 Å². The van der Waals surface area contributed by atoms with E-state index in [0.29, 0.717) is 5.75 Å². The molecule has 0 aliphatic heterocycles. The van der Waals surface area contributed by atoms with Gasteiger partial charge in [-0.25, -0.2) is 4.79 Å². The minimum absolute atomic E-state index is 0.0586. The first-order valence-corrected chi connectivity index (χ1v) is 9.74. The molecule has 0 N–H and O–H groups in total. The van der Waals surface area contributed by atoms with Crippen molar-refractivity contribution in [3.8, 4) is 5.75 Å². The third kappa shape index (κ3) is 3.74. The van der Waals surface area contributed by atoms with Crippen LogP contribution in [0.2, 0.25) is 0 Å². The highest BCUT2D eigenvalue weighted by Crippen LogP contribution is 2.59. The van der Waals surface area contributed by atoms with E-state index in [-0.39, 0.29) is 17.3 Å². The van der Waals surface area contributed by atoms with Gasteiger partial charge >= 0.3 is 5.97 Å². The van der Waals surface area contributed by atoms with Crippen molar-refractivity contribution in [1.29, 1.82) is 0 Å². The first kappa shape index (κ1) is 17.7. The molecular weight excluding hydrogens is 400 g/mol. The molecular formula is C24H19BrO2. The molecule has 3 aromatic rings. The molecule has 1 saturated carbocycles. The molecule has 0 spiro atoms. The number of carbonyl (C=O) groups is 1. The summed E-state index contributed by atoms with van der Waals surface area (Å²) < 4.78 is 6.33. The number of allylic oxidation sites excluding steroid dienone is 1. The number of hydrogen-bond donors (Lipinski definition) is 0. The van der Waals surface area contributed by atoms with Crippen molar-refractivity contribution in [3.63, 3.8) is 0 Å². The Morgan fingerprint density at radius 3 is 2.00 bits per heavy atom. The smallest absolute Gasteiger partial charge is 0.335 e. The fourth-order valence-electron chi connectivity index (χ4n) is 3.67. The fraction of sp³-hybridized carbons (Fsp3) is 0.125. The van der Waals surface area contributed by atoms with Crippen molar-refractivity contribution < 1.29 is 9.53 Å². The number of benzene rings is 3. The number of esters is 1. The van der Waals surface area contributed by atoms with Crippen LogP contribution in [0, 0.1) is 5.92 Å². The Bertz CT molecular complexity index is 907. The summed E-state index contributed by atoms with van der Waals surface area (Å²) in [6.45, 7) is 0. The number of hydrogen-bond acceptors (Lipinski definition) is 2. The zero-order valence-electron chi connectivity index (χ0n) is 14.7. The maximum atomic E-state index is 12.2. The van der Waals surface area contributed by atoms with Gasteiger partial charge in [-0.05, 0) is 47.7 Å². The maximum Gasteiger partial charge on any atom is 0.335 e. The summed E-state index contributed by atoms with van der Waals surface area (Å²) in [4.78, 5) is 12.2. The van der Waals surface area contributed by atoms with Crippen molar-refractivity contribution in [1.82, 2.24) is 0 Å². The van der Waals surface area contributed by atoms with E-state index in [2.05, 4.69) is 64.5 Å². The van der Waals surface area contributed by atoms with Crippen LogP contribution in [0.1, 0.15) is 17.5 Å². The second kappa shape index (κ2) is 7.53. The first-order valence-electron chi connectivity index (χ1n) is 8.95. The third-order valence-corrected chi connectivity index (χ3v) is 5.62. The predicted octanol–water partition coefficient (Wildman–Crippen LogP) is 5.92. The van der Waals surface area contributed by atoms with Crippen molar-refractivity contribution in [2.45, 2.75) is 11.8 Å². The van der Waals surface area contributed by atoms with Crippen LogP contribution in [0.4, 0.5) is 0 Å². The molecule has 4 rings (SSSR count). The van der Waals surface area contributed by atoms with E-state index in [1.54, 1.807) is 18.2 Å². The molecule has 3 aromatic carbocycles. The van der Waals surface area contributed by atoms with Crippen molar-refractivity contribution in [3.05, 3.63) is 113 Å². The van der Waals surface area contributed by atoms with Crippen LogP contribution >= 0.6 is 15.9 Å². The van der Waals surface area contributed by atoms with Crippen molar-refractivity contribution >= 4 is 21.9 Å². The standard InChI is InChI=1S/C24H19BrO2/c25-21-12-14-22(15-13-21)27-23(26)16-11-20-17-24(20,18-7-3-1-4-8-18)19-9-5-2-6-10-19/h1-16,20H,17H2. The van der Waals surface area contributed by atoms with Crippen LogP contribution in [0.15, 0.2) is 102 Å². The lowest BCUT2D eigenvalue weighted by Crippen LogP contribution is -2.12. The van der Waals surface area contributed by atoms with Gasteiger partial charge < -0.3 is 4.74 Å². The molecule has 1 atom stereocenters. The quantitative estimate of drug-likeness (QED) is 0.292. The summed E-state index contributed by atoms with van der Waals surface area (Å²) in [7, 11) is 0. The first-order chi connectivity index (χ1) is 13.2. The Hall–Kier alpha value is -2.65. The summed E-state index contributed by atoms with van der Waals surface area (Å²) in [6.07, 6.45) is 4.53. The van der Waals surface area contributed by atoms with Gasteiger partial charge in [-0.2, -0.15) is 0 Å². The van der Waals surface area contributed by atoms with Gasteiger partial charge in [0.05, 0.1) is 0 Å². The second-order valence-corrected chi connectivity index (χ2v) is 7.66. The highest BCUT2D eigenvalue weighted by Gasteiger charge is 2.54. The Labute approximate surface area is 167 Å². The molecule has 1 fully saturated rings. The van der Waals surface area contributed by atoms with E-state index in [4.69, 9.17) is 4.74 Å². The van der Waals surface area contributed by atoms with E-state index in [1.807, 2.05) is 30.3 Å². The lowest BCUT2D eigenvalue weighted by atomic mass is 9.85. The SMILES string of the molecule is O=C(C=CC1CC1(c1ccccc1)c1ccccc1)Oc1ccc(Br)cc1. The molecule has 2 nitrogen and oxygen atoms in total. The summed E-state index contributed by atoms with van der Waals surface area (Å²) >= 11 is 3.37. The van der Waals surface area contributed by atoms with Gasteiger partial charge in [0.2, 0.25) is 0 Å². The van der Waals surface area contributed by atoms with Crippen molar-refractivity contribution in [2.75, 3.05) is 0 Å². The minimum atomic E-state index is -0.348. The lowest BCUT2D eigenvalue weighted by Gasteiger charge is -2.18. The summed E-state index contributed by atoms with van der Waals surface area (Å²) in [5.74, 6) is 0.472. The number of ether oxygens (including phenoxy) is 1. The predicted molar refractivity (Wildman–Crippen MR) is 111 cm³/mol. The van der Waals surface area contributed by atoms with E-state index < -0.39 is 0 Å². The molecule has 1 aliphatic rings. The average molecular weight is 419 g/mol. The fourth-order valence-corrected chi connectivity index (χ4v) is 3.93. The molecule has 0 saturated heterocycles. The van der Waals surface area contributed by atoms with Crippen LogP contribution in [-0.2, 0) is 10.2 Å². The topological polar surface area (TPSA) is 26.3 Å². The summed E-state index contributed by atoms with van der Waals surface area (Å²) in [5.41, 5.74) is 2.51. The zero-order chi connectivity index (χ0) is 18.7. The summed E-state index contributed by atoms with van der Waals surface area (Å²) in [5, 5.41) is 0. The normalized spacial score (nSPS) is 17.6. The van der Waals surface area contributed by atoms with E-state index in [0.717, 1.165) is 10.9 Å². The monoisotopic (exact) mass is 418 g/mol. The van der Waals surface area contributed by atoms with Gasteiger partial charge in [-0.3, -0.25) is 0 Å².